The first-order valence-corrected chi connectivity index (χ1v) is 4.72. The fraction of sp³-hybridized carbons (Fsp3) is 0.167. The summed E-state index contributed by atoms with van der Waals surface area (Å²) in [5, 5.41) is 18.1. The summed E-state index contributed by atoms with van der Waals surface area (Å²) in [5.74, 6) is -1.31. The molecule has 0 aromatic heterocycles. The summed E-state index contributed by atoms with van der Waals surface area (Å²) in [5.41, 5.74) is -0.118. The van der Waals surface area contributed by atoms with E-state index in [0.29, 0.717) is 0 Å². The maximum Gasteiger partial charge on any atom is 0.206 e. The van der Waals surface area contributed by atoms with Gasteiger partial charge in [0.2, 0.25) is 5.78 Å². The summed E-state index contributed by atoms with van der Waals surface area (Å²) in [7, 11) is 0. The van der Waals surface area contributed by atoms with Crippen LogP contribution in [-0.2, 0) is 0 Å². The van der Waals surface area contributed by atoms with Gasteiger partial charge in [-0.25, -0.2) is 4.39 Å². The number of allylic oxidation sites excluding steroid dienone is 2. The van der Waals surface area contributed by atoms with Crippen molar-refractivity contribution in [2.45, 2.75) is 13.3 Å². The lowest BCUT2D eigenvalue weighted by molar-refractivity contribution is 0.103. The Hall–Kier alpha value is -2.15. The molecule has 0 aliphatic heterocycles. The molecule has 0 radical (unpaired) electrons. The highest BCUT2D eigenvalue weighted by Gasteiger charge is 2.15. The van der Waals surface area contributed by atoms with Crippen molar-refractivity contribution >= 4 is 5.78 Å². The van der Waals surface area contributed by atoms with Crippen LogP contribution in [0.25, 0.3) is 0 Å². The zero-order valence-corrected chi connectivity index (χ0v) is 8.70. The number of carbonyl (C=O) groups is 1. The number of hydrogen-bond donors (Lipinski definition) is 1. The standard InChI is InChI=1S/C12H10FNO2/c1-2-11(15)10(7-14)12(16)8-3-5-9(13)6-4-8/h3-6,15H,2H2,1H3. The first-order valence-electron chi connectivity index (χ1n) is 4.72. The predicted molar refractivity (Wildman–Crippen MR) is 56.3 cm³/mol. The first kappa shape index (κ1) is 11.9. The van der Waals surface area contributed by atoms with Crippen LogP contribution in [0.15, 0.2) is 35.6 Å². The minimum atomic E-state index is -0.596. The topological polar surface area (TPSA) is 61.1 Å². The van der Waals surface area contributed by atoms with Crippen molar-refractivity contribution in [3.8, 4) is 6.07 Å². The number of aliphatic hydroxyl groups excluding tert-OH is 1. The Balaban J connectivity index is 3.12. The molecule has 4 heteroatoms. The number of aliphatic hydroxyl groups is 1. The summed E-state index contributed by atoms with van der Waals surface area (Å²) in [6, 6.07) is 6.46. The van der Waals surface area contributed by atoms with Crippen LogP contribution in [0.3, 0.4) is 0 Å². The molecule has 0 saturated heterocycles. The van der Waals surface area contributed by atoms with Crippen LogP contribution in [0, 0.1) is 17.1 Å². The lowest BCUT2D eigenvalue weighted by Gasteiger charge is -2.01. The smallest absolute Gasteiger partial charge is 0.206 e. The van der Waals surface area contributed by atoms with Gasteiger partial charge in [0.15, 0.2) is 0 Å². The van der Waals surface area contributed by atoms with Gasteiger partial charge in [-0.15, -0.1) is 0 Å². The minimum Gasteiger partial charge on any atom is -0.511 e. The molecule has 0 heterocycles. The number of ketones is 1. The van der Waals surface area contributed by atoms with Crippen LogP contribution in [0.2, 0.25) is 0 Å². The van der Waals surface area contributed by atoms with Crippen LogP contribution in [0.4, 0.5) is 4.39 Å². The van der Waals surface area contributed by atoms with Gasteiger partial charge in [-0.05, 0) is 24.3 Å². The summed E-state index contributed by atoms with van der Waals surface area (Å²) in [6.07, 6.45) is 0.204. The molecule has 1 aromatic carbocycles. The second-order valence-electron chi connectivity index (χ2n) is 3.12. The SMILES string of the molecule is CCC(O)=C(C#N)C(=O)c1ccc(F)cc1. The van der Waals surface area contributed by atoms with Gasteiger partial charge in [0.1, 0.15) is 23.2 Å². The second-order valence-corrected chi connectivity index (χ2v) is 3.12. The monoisotopic (exact) mass is 219 g/mol. The third kappa shape index (κ3) is 2.45. The van der Waals surface area contributed by atoms with Gasteiger partial charge in [0.05, 0.1) is 0 Å². The van der Waals surface area contributed by atoms with Crippen molar-refractivity contribution in [3.05, 3.63) is 47.0 Å². The third-order valence-electron chi connectivity index (χ3n) is 2.07. The summed E-state index contributed by atoms with van der Waals surface area (Å²) < 4.78 is 12.6. The van der Waals surface area contributed by atoms with Gasteiger partial charge in [-0.2, -0.15) is 5.26 Å². The summed E-state index contributed by atoms with van der Waals surface area (Å²) >= 11 is 0. The zero-order chi connectivity index (χ0) is 12.1. The molecule has 0 aliphatic rings. The molecule has 0 spiro atoms. The molecule has 1 rings (SSSR count). The molecule has 0 unspecified atom stereocenters. The third-order valence-corrected chi connectivity index (χ3v) is 2.07. The van der Waals surface area contributed by atoms with Crippen molar-refractivity contribution in [3.63, 3.8) is 0 Å². The van der Waals surface area contributed by atoms with Crippen LogP contribution >= 0.6 is 0 Å². The van der Waals surface area contributed by atoms with Gasteiger partial charge < -0.3 is 5.11 Å². The summed E-state index contributed by atoms with van der Waals surface area (Å²) in [6.45, 7) is 1.63. The van der Waals surface area contributed by atoms with Crippen molar-refractivity contribution in [2.24, 2.45) is 0 Å². The Bertz CT molecular complexity index is 469. The van der Waals surface area contributed by atoms with Crippen molar-refractivity contribution in [1.29, 1.82) is 5.26 Å². The van der Waals surface area contributed by atoms with E-state index in [0.717, 1.165) is 12.1 Å². The Morgan fingerprint density at radius 3 is 2.44 bits per heavy atom. The van der Waals surface area contributed by atoms with E-state index in [-0.39, 0.29) is 23.3 Å². The summed E-state index contributed by atoms with van der Waals surface area (Å²) in [4.78, 5) is 11.7. The van der Waals surface area contributed by atoms with Gasteiger partial charge in [0.25, 0.3) is 0 Å². The van der Waals surface area contributed by atoms with Crippen LogP contribution in [-0.4, -0.2) is 10.9 Å². The van der Waals surface area contributed by atoms with Crippen molar-refractivity contribution in [2.75, 3.05) is 0 Å². The number of Topliss-reactive ketones (excluding diaryl/α,β-unsaturated/α-hetero) is 1. The first-order chi connectivity index (χ1) is 7.60. The van der Waals surface area contributed by atoms with E-state index < -0.39 is 11.6 Å². The van der Waals surface area contributed by atoms with Crippen molar-refractivity contribution < 1.29 is 14.3 Å². The molecule has 0 atom stereocenters. The maximum absolute atomic E-state index is 12.6. The molecular weight excluding hydrogens is 209 g/mol. The van der Waals surface area contributed by atoms with Gasteiger partial charge in [-0.1, -0.05) is 6.92 Å². The van der Waals surface area contributed by atoms with E-state index in [9.17, 15) is 14.3 Å². The minimum absolute atomic E-state index is 0.179. The van der Waals surface area contributed by atoms with E-state index in [1.807, 2.05) is 0 Å². The highest BCUT2D eigenvalue weighted by atomic mass is 19.1. The van der Waals surface area contributed by atoms with E-state index >= 15 is 0 Å². The highest BCUT2D eigenvalue weighted by Crippen LogP contribution is 2.13. The molecule has 0 aliphatic carbocycles. The Labute approximate surface area is 92.4 Å². The van der Waals surface area contributed by atoms with Crippen LogP contribution in [0.1, 0.15) is 23.7 Å². The predicted octanol–water partition coefficient (Wildman–Crippen LogP) is 2.75. The number of hydrogen-bond acceptors (Lipinski definition) is 3. The normalized spacial score (nSPS) is 11.6. The lowest BCUT2D eigenvalue weighted by Crippen LogP contribution is -2.05. The number of nitrogens with zero attached hydrogens (tertiary/aromatic N) is 1. The molecule has 0 fully saturated rings. The maximum atomic E-state index is 12.6. The number of halogens is 1. The fourth-order valence-electron chi connectivity index (χ4n) is 1.17. The lowest BCUT2D eigenvalue weighted by atomic mass is 10.0. The number of carbonyl (C=O) groups excluding carboxylic acids is 1. The van der Waals surface area contributed by atoms with Gasteiger partial charge >= 0.3 is 0 Å². The molecule has 1 N–H and O–H groups in total. The van der Waals surface area contributed by atoms with Crippen molar-refractivity contribution in [1.82, 2.24) is 0 Å². The molecular formula is C12H10FNO2. The molecule has 0 bridgehead atoms. The van der Waals surface area contributed by atoms with E-state index in [1.165, 1.54) is 12.1 Å². The van der Waals surface area contributed by atoms with E-state index in [2.05, 4.69) is 0 Å². The Morgan fingerprint density at radius 1 is 1.44 bits per heavy atom. The molecule has 3 nitrogen and oxygen atoms in total. The quantitative estimate of drug-likeness (QED) is 0.368. The fourth-order valence-corrected chi connectivity index (χ4v) is 1.17. The number of benzene rings is 1. The Kier molecular flexibility index (Phi) is 3.78. The second kappa shape index (κ2) is 5.08. The van der Waals surface area contributed by atoms with Crippen LogP contribution < -0.4 is 0 Å². The average molecular weight is 219 g/mol. The highest BCUT2D eigenvalue weighted by molar-refractivity contribution is 6.11. The van der Waals surface area contributed by atoms with Gasteiger partial charge in [-0.3, -0.25) is 4.79 Å². The molecule has 0 saturated carbocycles. The average Bonchev–Trinajstić information content (AvgIpc) is 2.30. The van der Waals surface area contributed by atoms with E-state index in [1.54, 1.807) is 13.0 Å². The molecule has 1 aromatic rings. The van der Waals surface area contributed by atoms with E-state index in [4.69, 9.17) is 5.26 Å². The largest absolute Gasteiger partial charge is 0.511 e. The molecule has 82 valence electrons. The zero-order valence-electron chi connectivity index (χ0n) is 8.70. The van der Waals surface area contributed by atoms with Gasteiger partial charge in [0, 0.05) is 12.0 Å². The van der Waals surface area contributed by atoms with Crippen LogP contribution in [0.5, 0.6) is 0 Å². The molecule has 0 amide bonds. The molecule has 16 heavy (non-hydrogen) atoms. The Morgan fingerprint density at radius 2 is 2.00 bits per heavy atom. The number of nitriles is 1. The number of rotatable bonds is 3.